The van der Waals surface area contributed by atoms with Gasteiger partial charge in [-0.3, -0.25) is 14.2 Å². The van der Waals surface area contributed by atoms with Crippen molar-refractivity contribution < 1.29 is 9.90 Å². The Morgan fingerprint density at radius 1 is 1.28 bits per heavy atom. The molecular weight excluding hydrogens is 322 g/mol. The quantitative estimate of drug-likeness (QED) is 0.732. The Kier molecular flexibility index (Phi) is 3.81. The molecule has 8 heteroatoms. The van der Waals surface area contributed by atoms with Crippen molar-refractivity contribution in [3.63, 3.8) is 0 Å². The van der Waals surface area contributed by atoms with Crippen LogP contribution in [0.1, 0.15) is 5.56 Å². The van der Waals surface area contributed by atoms with E-state index in [2.05, 4.69) is 10.1 Å². The third kappa shape index (κ3) is 2.60. The van der Waals surface area contributed by atoms with Crippen LogP contribution in [0, 0.1) is 0 Å². The van der Waals surface area contributed by atoms with E-state index < -0.39 is 0 Å². The minimum atomic E-state index is -0.310. The van der Waals surface area contributed by atoms with E-state index in [1.807, 2.05) is 24.3 Å². The van der Waals surface area contributed by atoms with Crippen molar-refractivity contribution in [1.29, 1.82) is 0 Å². The maximum atomic E-state index is 12.7. The first-order valence-corrected chi connectivity index (χ1v) is 8.09. The molecule has 8 nitrogen and oxygen atoms in total. The maximum Gasteiger partial charge on any atom is 0.264 e. The molecule has 0 saturated heterocycles. The second-order valence-corrected chi connectivity index (χ2v) is 5.93. The van der Waals surface area contributed by atoms with Crippen molar-refractivity contribution >= 4 is 22.6 Å². The number of para-hydroxylation sites is 1. The van der Waals surface area contributed by atoms with Crippen LogP contribution in [0.5, 0.6) is 0 Å². The van der Waals surface area contributed by atoms with Crippen LogP contribution in [0.2, 0.25) is 0 Å². The maximum absolute atomic E-state index is 12.7. The average Bonchev–Trinajstić information content (AvgIpc) is 3.22. The lowest BCUT2D eigenvalue weighted by molar-refractivity contribution is -0.119. The van der Waals surface area contributed by atoms with Crippen LogP contribution in [-0.4, -0.2) is 43.5 Å². The molecule has 1 aliphatic rings. The van der Waals surface area contributed by atoms with Gasteiger partial charge in [0.15, 0.2) is 5.65 Å². The van der Waals surface area contributed by atoms with Crippen LogP contribution in [0.25, 0.3) is 11.0 Å². The number of aromatic nitrogens is 4. The zero-order valence-corrected chi connectivity index (χ0v) is 13.5. The molecule has 25 heavy (non-hydrogen) atoms. The highest BCUT2D eigenvalue weighted by Crippen LogP contribution is 2.27. The molecule has 1 amide bonds. The summed E-state index contributed by atoms with van der Waals surface area (Å²) >= 11 is 0. The predicted octanol–water partition coefficient (Wildman–Crippen LogP) is 0.175. The molecule has 0 unspecified atom stereocenters. The summed E-state index contributed by atoms with van der Waals surface area (Å²) in [5, 5.41) is 13.4. The second-order valence-electron chi connectivity index (χ2n) is 5.93. The van der Waals surface area contributed by atoms with Gasteiger partial charge >= 0.3 is 0 Å². The number of aliphatic hydroxyl groups is 1. The number of rotatable bonds is 4. The Labute approximate surface area is 142 Å². The van der Waals surface area contributed by atoms with Crippen LogP contribution >= 0.6 is 0 Å². The third-order valence-corrected chi connectivity index (χ3v) is 4.43. The van der Waals surface area contributed by atoms with E-state index in [4.69, 9.17) is 5.11 Å². The molecule has 0 aliphatic carbocycles. The number of carbonyl (C=O) groups is 1. The largest absolute Gasteiger partial charge is 0.394 e. The zero-order chi connectivity index (χ0) is 17.4. The highest BCUT2D eigenvalue weighted by Gasteiger charge is 2.24. The van der Waals surface area contributed by atoms with Gasteiger partial charge in [-0.05, 0) is 18.1 Å². The Hall–Kier alpha value is -3.00. The van der Waals surface area contributed by atoms with E-state index in [1.54, 1.807) is 4.90 Å². The summed E-state index contributed by atoms with van der Waals surface area (Å²) in [4.78, 5) is 31.2. The first kappa shape index (κ1) is 15.5. The van der Waals surface area contributed by atoms with Gasteiger partial charge in [0.05, 0.1) is 19.3 Å². The lowest BCUT2D eigenvalue weighted by atomic mass is 10.2. The van der Waals surface area contributed by atoms with E-state index in [0.717, 1.165) is 17.7 Å². The van der Waals surface area contributed by atoms with Crippen LogP contribution < -0.4 is 10.5 Å². The van der Waals surface area contributed by atoms with Crippen molar-refractivity contribution in [3.8, 4) is 0 Å². The summed E-state index contributed by atoms with van der Waals surface area (Å²) in [6.45, 7) is 0.732. The van der Waals surface area contributed by atoms with E-state index in [-0.39, 0.29) is 31.2 Å². The third-order valence-electron chi connectivity index (χ3n) is 4.43. The fourth-order valence-electron chi connectivity index (χ4n) is 3.20. The first-order valence-electron chi connectivity index (χ1n) is 8.09. The van der Waals surface area contributed by atoms with Crippen LogP contribution in [0.4, 0.5) is 5.69 Å². The molecule has 1 aromatic carbocycles. The summed E-state index contributed by atoms with van der Waals surface area (Å²) in [5.74, 6) is -0.143. The second kappa shape index (κ2) is 6.14. The van der Waals surface area contributed by atoms with E-state index in [0.29, 0.717) is 17.6 Å². The van der Waals surface area contributed by atoms with Gasteiger partial charge in [-0.2, -0.15) is 5.10 Å². The lowest BCUT2D eigenvalue weighted by Crippen LogP contribution is -2.35. The first-order chi connectivity index (χ1) is 12.2. The number of aliphatic hydroxyl groups excluding tert-OH is 1. The minimum Gasteiger partial charge on any atom is -0.394 e. The van der Waals surface area contributed by atoms with Crippen LogP contribution in [-0.2, 0) is 24.3 Å². The number of hydrogen-bond acceptors (Lipinski definition) is 5. The lowest BCUT2D eigenvalue weighted by Gasteiger charge is -2.17. The molecule has 128 valence electrons. The van der Waals surface area contributed by atoms with Crippen molar-refractivity contribution in [2.75, 3.05) is 18.1 Å². The highest BCUT2D eigenvalue weighted by atomic mass is 16.3. The van der Waals surface area contributed by atoms with Gasteiger partial charge in [0.2, 0.25) is 5.91 Å². The number of nitrogens with zero attached hydrogens (tertiary/aromatic N) is 5. The summed E-state index contributed by atoms with van der Waals surface area (Å²) in [6, 6.07) is 7.79. The molecule has 2 aromatic heterocycles. The van der Waals surface area contributed by atoms with E-state index >= 15 is 0 Å². The molecule has 3 aromatic rings. The predicted molar refractivity (Wildman–Crippen MR) is 91.4 cm³/mol. The van der Waals surface area contributed by atoms with E-state index in [1.165, 1.54) is 21.8 Å². The standard InChI is InChI=1S/C17H17N5O3/c23-8-7-22-16-13(9-19-22)17(25)20(11-18-16)10-15(24)21-6-5-12-3-1-2-4-14(12)21/h1-4,9,11,23H,5-8,10H2. The van der Waals surface area contributed by atoms with Gasteiger partial charge in [0.1, 0.15) is 18.3 Å². The van der Waals surface area contributed by atoms with Crippen molar-refractivity contribution in [1.82, 2.24) is 19.3 Å². The van der Waals surface area contributed by atoms with Crippen LogP contribution in [0.15, 0.2) is 41.6 Å². The van der Waals surface area contributed by atoms with E-state index in [9.17, 15) is 9.59 Å². The topological polar surface area (TPSA) is 93.2 Å². The summed E-state index contributed by atoms with van der Waals surface area (Å²) < 4.78 is 2.77. The minimum absolute atomic E-state index is 0.0682. The molecule has 0 bridgehead atoms. The van der Waals surface area contributed by atoms with Gasteiger partial charge in [-0.1, -0.05) is 18.2 Å². The molecular formula is C17H17N5O3. The molecule has 0 fully saturated rings. The molecule has 1 N–H and O–H groups in total. The SMILES string of the molecule is O=C(Cn1cnc2c(cnn2CCO)c1=O)N1CCc2ccccc21. The number of anilines is 1. The Balaban J connectivity index is 1.62. The van der Waals surface area contributed by atoms with Gasteiger partial charge in [0, 0.05) is 12.2 Å². The Bertz CT molecular complexity index is 1010. The van der Waals surface area contributed by atoms with Gasteiger partial charge in [-0.25, -0.2) is 9.67 Å². The van der Waals surface area contributed by atoms with Crippen LogP contribution in [0.3, 0.4) is 0 Å². The molecule has 1 aliphatic heterocycles. The summed E-state index contributed by atoms with van der Waals surface area (Å²) in [7, 11) is 0. The van der Waals surface area contributed by atoms with Gasteiger partial charge in [0.25, 0.3) is 5.56 Å². The summed E-state index contributed by atoms with van der Waals surface area (Å²) in [6.07, 6.45) is 3.61. The zero-order valence-electron chi connectivity index (χ0n) is 13.5. The fourth-order valence-corrected chi connectivity index (χ4v) is 3.20. The highest BCUT2D eigenvalue weighted by molar-refractivity contribution is 5.95. The number of hydrogen-bond donors (Lipinski definition) is 1. The van der Waals surface area contributed by atoms with Gasteiger partial charge < -0.3 is 10.0 Å². The van der Waals surface area contributed by atoms with Crippen molar-refractivity contribution in [3.05, 3.63) is 52.7 Å². The van der Waals surface area contributed by atoms with Crippen molar-refractivity contribution in [2.24, 2.45) is 0 Å². The van der Waals surface area contributed by atoms with Crippen molar-refractivity contribution in [2.45, 2.75) is 19.5 Å². The molecule has 4 rings (SSSR count). The Morgan fingerprint density at radius 2 is 2.12 bits per heavy atom. The average molecular weight is 339 g/mol. The molecule has 0 radical (unpaired) electrons. The number of amides is 1. The molecule has 0 saturated carbocycles. The Morgan fingerprint density at radius 3 is 2.96 bits per heavy atom. The monoisotopic (exact) mass is 339 g/mol. The van der Waals surface area contributed by atoms with Gasteiger partial charge in [-0.15, -0.1) is 0 Å². The fraction of sp³-hybridized carbons (Fsp3) is 0.294. The number of carbonyl (C=O) groups excluding carboxylic acids is 1. The number of benzene rings is 1. The smallest absolute Gasteiger partial charge is 0.264 e. The normalized spacial score (nSPS) is 13.4. The molecule has 0 atom stereocenters. The molecule has 3 heterocycles. The number of fused-ring (bicyclic) bond motifs is 2. The summed E-state index contributed by atoms with van der Waals surface area (Å²) in [5.41, 5.74) is 2.15. The molecule has 0 spiro atoms.